The molecule has 1 heterocycles. The summed E-state index contributed by atoms with van der Waals surface area (Å²) in [5.74, 6) is 0. The van der Waals surface area contributed by atoms with Crippen LogP contribution in [0, 0.1) is 0 Å². The van der Waals surface area contributed by atoms with E-state index in [1.54, 1.807) is 0 Å². The van der Waals surface area contributed by atoms with Gasteiger partial charge in [0, 0.05) is 12.7 Å². The molecule has 1 aromatic rings. The molecular formula is C12H23NO3Si3. The molecule has 2 rings (SSSR count). The fraction of sp³-hybridized carbons (Fsp3) is 0.500. The first kappa shape index (κ1) is 14.9. The van der Waals surface area contributed by atoms with E-state index in [-0.39, 0.29) is 0 Å². The number of benzene rings is 1. The third-order valence-corrected chi connectivity index (χ3v) is 15.5. The lowest BCUT2D eigenvalue weighted by molar-refractivity contribution is 0.231. The number of para-hydroxylation sites is 1. The smallest absolute Gasteiger partial charge is 0.416 e. The zero-order valence-corrected chi connectivity index (χ0v) is 15.6. The molecule has 106 valence electrons. The van der Waals surface area contributed by atoms with Gasteiger partial charge in [0.1, 0.15) is 0 Å². The molecule has 0 amide bonds. The summed E-state index contributed by atoms with van der Waals surface area (Å²) in [5, 5.41) is 0. The molecule has 0 bridgehead atoms. The molecule has 1 aliphatic heterocycles. The summed E-state index contributed by atoms with van der Waals surface area (Å²) < 4.78 is 20.9. The van der Waals surface area contributed by atoms with Gasteiger partial charge in [-0.15, -0.1) is 0 Å². The maximum atomic E-state index is 6.31. The summed E-state index contributed by atoms with van der Waals surface area (Å²) in [4.78, 5) is 0. The summed E-state index contributed by atoms with van der Waals surface area (Å²) in [6.45, 7) is 10.5. The molecule has 4 nitrogen and oxygen atoms in total. The van der Waals surface area contributed by atoms with Gasteiger partial charge in [-0.1, -0.05) is 18.2 Å². The molecule has 1 aromatic carbocycles. The second-order valence-electron chi connectivity index (χ2n) is 5.90. The molecule has 0 unspecified atom stereocenters. The summed E-state index contributed by atoms with van der Waals surface area (Å²) in [7, 11) is -4.56. The van der Waals surface area contributed by atoms with Crippen molar-refractivity contribution in [2.24, 2.45) is 0 Å². The Hall–Kier alpha value is -0.449. The zero-order chi connectivity index (χ0) is 14.3. The fourth-order valence-electron chi connectivity index (χ4n) is 2.59. The Morgan fingerprint density at radius 2 is 1.26 bits per heavy atom. The molecule has 0 atom stereocenters. The molecule has 0 aromatic heterocycles. The van der Waals surface area contributed by atoms with Gasteiger partial charge in [0.15, 0.2) is 0 Å². The molecule has 7 heteroatoms. The second kappa shape index (κ2) is 4.83. The largest absolute Gasteiger partial charge is 0.438 e. The van der Waals surface area contributed by atoms with Crippen molar-refractivity contribution in [1.29, 1.82) is 0 Å². The van der Waals surface area contributed by atoms with E-state index in [0.717, 1.165) is 5.69 Å². The standard InChI is InChI=1S/C12H23NO3Si3/c1-13(12-10-8-7-9-11-12)19(6)15-17(2,3)14-18(4,5)16-19/h7-11H,1-6H3. The highest BCUT2D eigenvalue weighted by Crippen LogP contribution is 2.33. The lowest BCUT2D eigenvalue weighted by Crippen LogP contribution is -2.71. The molecule has 0 aliphatic carbocycles. The SMILES string of the molecule is CN(c1ccccc1)[Si]1(C)O[Si](C)(C)O[Si](C)(C)O1. The quantitative estimate of drug-likeness (QED) is 0.785. The van der Waals surface area contributed by atoms with Gasteiger partial charge in [0.25, 0.3) is 0 Å². The van der Waals surface area contributed by atoms with Crippen molar-refractivity contribution in [3.63, 3.8) is 0 Å². The highest BCUT2D eigenvalue weighted by molar-refractivity contribution is 6.94. The van der Waals surface area contributed by atoms with Crippen LogP contribution < -0.4 is 4.57 Å². The first-order valence-corrected chi connectivity index (χ1v) is 14.4. The van der Waals surface area contributed by atoms with Crippen molar-refractivity contribution >= 4 is 31.5 Å². The van der Waals surface area contributed by atoms with E-state index >= 15 is 0 Å². The third kappa shape index (κ3) is 3.36. The number of rotatable bonds is 2. The number of hydrogen-bond acceptors (Lipinski definition) is 4. The first-order chi connectivity index (χ1) is 8.64. The predicted molar refractivity (Wildman–Crippen MR) is 84.7 cm³/mol. The lowest BCUT2D eigenvalue weighted by atomic mass is 10.3. The van der Waals surface area contributed by atoms with Crippen LogP contribution in [0.1, 0.15) is 0 Å². The fourth-order valence-corrected chi connectivity index (χ4v) is 18.0. The van der Waals surface area contributed by atoms with Gasteiger partial charge in [-0.3, -0.25) is 0 Å². The van der Waals surface area contributed by atoms with E-state index in [1.807, 2.05) is 18.2 Å². The minimum absolute atomic E-state index is 1.13. The maximum absolute atomic E-state index is 6.31. The zero-order valence-electron chi connectivity index (χ0n) is 12.6. The molecule has 1 saturated heterocycles. The lowest BCUT2D eigenvalue weighted by Gasteiger charge is -2.50. The van der Waals surface area contributed by atoms with Gasteiger partial charge in [-0.2, -0.15) is 0 Å². The predicted octanol–water partition coefficient (Wildman–Crippen LogP) is 3.16. The van der Waals surface area contributed by atoms with Gasteiger partial charge in [0.2, 0.25) is 0 Å². The van der Waals surface area contributed by atoms with Gasteiger partial charge in [0.05, 0.1) is 0 Å². The summed E-state index contributed by atoms with van der Waals surface area (Å²) in [5.41, 5.74) is 1.13. The van der Waals surface area contributed by atoms with E-state index in [9.17, 15) is 0 Å². The molecule has 0 radical (unpaired) electrons. The monoisotopic (exact) mass is 313 g/mol. The van der Waals surface area contributed by atoms with Crippen molar-refractivity contribution < 1.29 is 12.3 Å². The maximum Gasteiger partial charge on any atom is 0.438 e. The molecule has 19 heavy (non-hydrogen) atoms. The Balaban J connectivity index is 2.31. The average molecular weight is 314 g/mol. The Morgan fingerprint density at radius 3 is 1.74 bits per heavy atom. The molecule has 1 fully saturated rings. The van der Waals surface area contributed by atoms with E-state index < -0.39 is 25.8 Å². The van der Waals surface area contributed by atoms with Gasteiger partial charge < -0.3 is 16.9 Å². The average Bonchev–Trinajstić information content (AvgIpc) is 2.24. The molecule has 0 saturated carbocycles. The van der Waals surface area contributed by atoms with Crippen LogP contribution >= 0.6 is 0 Å². The molecule has 1 aliphatic rings. The Kier molecular flexibility index (Phi) is 3.80. The van der Waals surface area contributed by atoms with Crippen LogP contribution in [0.15, 0.2) is 30.3 Å². The van der Waals surface area contributed by atoms with Crippen molar-refractivity contribution in [2.45, 2.75) is 32.7 Å². The molecule has 0 N–H and O–H groups in total. The Labute approximate surface area is 119 Å². The molecule has 0 spiro atoms. The van der Waals surface area contributed by atoms with Crippen LogP contribution in [0.2, 0.25) is 32.7 Å². The second-order valence-corrected chi connectivity index (χ2v) is 16.4. The number of nitrogens with zero attached hydrogens (tertiary/aromatic N) is 1. The van der Waals surface area contributed by atoms with Crippen LogP contribution in [0.25, 0.3) is 0 Å². The first-order valence-electron chi connectivity index (χ1n) is 6.53. The Bertz CT molecular complexity index is 437. The van der Waals surface area contributed by atoms with E-state index in [2.05, 4.69) is 56.5 Å². The Morgan fingerprint density at radius 1 is 0.789 bits per heavy atom. The van der Waals surface area contributed by atoms with E-state index in [1.165, 1.54) is 0 Å². The summed E-state index contributed by atoms with van der Waals surface area (Å²) >= 11 is 0. The topological polar surface area (TPSA) is 30.9 Å². The van der Waals surface area contributed by atoms with Crippen LogP contribution in [0.5, 0.6) is 0 Å². The van der Waals surface area contributed by atoms with E-state index in [0.29, 0.717) is 0 Å². The number of hydrogen-bond donors (Lipinski definition) is 0. The van der Waals surface area contributed by atoms with Crippen LogP contribution in [-0.2, 0) is 12.3 Å². The van der Waals surface area contributed by atoms with Gasteiger partial charge in [-0.25, -0.2) is 0 Å². The van der Waals surface area contributed by atoms with E-state index in [4.69, 9.17) is 12.3 Å². The minimum atomic E-state index is -2.42. The van der Waals surface area contributed by atoms with Crippen LogP contribution in [0.3, 0.4) is 0 Å². The van der Waals surface area contributed by atoms with Crippen molar-refractivity contribution in [3.05, 3.63) is 30.3 Å². The van der Waals surface area contributed by atoms with Crippen molar-refractivity contribution in [3.8, 4) is 0 Å². The highest BCUT2D eigenvalue weighted by atomic mass is 28.5. The van der Waals surface area contributed by atoms with Gasteiger partial charge >= 0.3 is 25.8 Å². The summed E-state index contributed by atoms with van der Waals surface area (Å²) in [6, 6.07) is 10.3. The highest BCUT2D eigenvalue weighted by Gasteiger charge is 2.55. The van der Waals surface area contributed by atoms with Crippen molar-refractivity contribution in [2.75, 3.05) is 11.6 Å². The normalized spacial score (nSPS) is 23.9. The van der Waals surface area contributed by atoms with Gasteiger partial charge in [-0.05, 0) is 44.9 Å². The molecular weight excluding hydrogens is 290 g/mol. The minimum Gasteiger partial charge on any atom is -0.416 e. The number of anilines is 1. The summed E-state index contributed by atoms with van der Waals surface area (Å²) in [6.07, 6.45) is 0. The third-order valence-electron chi connectivity index (χ3n) is 3.11. The van der Waals surface area contributed by atoms with Crippen molar-refractivity contribution in [1.82, 2.24) is 0 Å². The van der Waals surface area contributed by atoms with Crippen LogP contribution in [-0.4, -0.2) is 32.9 Å². The van der Waals surface area contributed by atoms with Crippen LogP contribution in [0.4, 0.5) is 5.69 Å².